The van der Waals surface area contributed by atoms with E-state index in [1.54, 1.807) is 12.1 Å². The molecule has 2 N–H and O–H groups in total. The Hall–Kier alpha value is -2.87. The van der Waals surface area contributed by atoms with Gasteiger partial charge in [0.2, 0.25) is 0 Å². The predicted octanol–water partition coefficient (Wildman–Crippen LogP) is 3.46. The van der Waals surface area contributed by atoms with E-state index >= 15 is 0 Å². The van der Waals surface area contributed by atoms with Crippen molar-refractivity contribution >= 4 is 5.82 Å². The van der Waals surface area contributed by atoms with Crippen molar-refractivity contribution < 1.29 is 8.78 Å². The Morgan fingerprint density at radius 1 is 1.00 bits per heavy atom. The van der Waals surface area contributed by atoms with Crippen LogP contribution in [0.25, 0.3) is 22.4 Å². The predicted molar refractivity (Wildman–Crippen MR) is 109 cm³/mol. The van der Waals surface area contributed by atoms with Gasteiger partial charge in [-0.15, -0.1) is 10.2 Å². The number of nitrogens with zero attached hydrogens (tertiary/aromatic N) is 4. The second kappa shape index (κ2) is 6.84. The third kappa shape index (κ3) is 2.81. The zero-order chi connectivity index (χ0) is 20.2. The quantitative estimate of drug-likeness (QED) is 0.695. The summed E-state index contributed by atoms with van der Waals surface area (Å²) < 4.78 is 29.6. The van der Waals surface area contributed by atoms with Crippen LogP contribution in [0.3, 0.4) is 0 Å². The standard InChI is InChI=1S/C22H22F2N6/c23-20-17(13-10-25-26-11-13)3-4-18(21(20)24)19-7-12-5-6-30(22(12)29-28-19)16-8-14-1-2-15(9-16)27-14/h3-4,7,10-11,14-16,27H,1-2,5-6,8-9H2,(H,25,26)/t14-,15+,16-. The Labute approximate surface area is 172 Å². The Morgan fingerprint density at radius 3 is 2.53 bits per heavy atom. The molecule has 2 aromatic heterocycles. The summed E-state index contributed by atoms with van der Waals surface area (Å²) in [6, 6.07) is 6.69. The summed E-state index contributed by atoms with van der Waals surface area (Å²) in [6.07, 6.45) is 8.64. The van der Waals surface area contributed by atoms with Gasteiger partial charge in [0.05, 0.1) is 11.9 Å². The summed E-state index contributed by atoms with van der Waals surface area (Å²) in [6.45, 7) is 0.911. The van der Waals surface area contributed by atoms with Gasteiger partial charge >= 0.3 is 0 Å². The van der Waals surface area contributed by atoms with Gasteiger partial charge in [-0.05, 0) is 44.2 Å². The van der Waals surface area contributed by atoms with Gasteiger partial charge in [0.1, 0.15) is 0 Å². The first-order valence-electron chi connectivity index (χ1n) is 10.5. The highest BCUT2D eigenvalue weighted by atomic mass is 19.2. The van der Waals surface area contributed by atoms with Gasteiger partial charge in [-0.3, -0.25) is 5.10 Å². The average molecular weight is 408 g/mol. The molecule has 8 heteroatoms. The molecule has 2 saturated heterocycles. The van der Waals surface area contributed by atoms with Gasteiger partial charge in [0.25, 0.3) is 0 Å². The fourth-order valence-electron chi connectivity index (χ4n) is 5.33. The van der Waals surface area contributed by atoms with E-state index in [1.807, 2.05) is 6.07 Å². The Kier molecular flexibility index (Phi) is 4.09. The van der Waals surface area contributed by atoms with Gasteiger partial charge in [-0.2, -0.15) is 5.10 Å². The van der Waals surface area contributed by atoms with Crippen molar-refractivity contribution in [2.75, 3.05) is 11.4 Å². The summed E-state index contributed by atoms with van der Waals surface area (Å²) in [7, 11) is 0. The topological polar surface area (TPSA) is 69.7 Å². The summed E-state index contributed by atoms with van der Waals surface area (Å²) >= 11 is 0. The Morgan fingerprint density at radius 2 is 1.77 bits per heavy atom. The molecule has 3 aliphatic heterocycles. The van der Waals surface area contributed by atoms with Gasteiger partial charge in [0, 0.05) is 53.1 Å². The lowest BCUT2D eigenvalue weighted by molar-refractivity contribution is 0.349. The molecule has 0 unspecified atom stereocenters. The second-order valence-corrected chi connectivity index (χ2v) is 8.56. The lowest BCUT2D eigenvalue weighted by Crippen LogP contribution is -2.48. The Bertz CT molecular complexity index is 1090. The maximum Gasteiger partial charge on any atom is 0.168 e. The third-order valence-electron chi connectivity index (χ3n) is 6.80. The second-order valence-electron chi connectivity index (χ2n) is 8.56. The van der Waals surface area contributed by atoms with Crippen molar-refractivity contribution in [3.63, 3.8) is 0 Å². The summed E-state index contributed by atoms with van der Waals surface area (Å²) in [5.74, 6) is -0.906. The highest BCUT2D eigenvalue weighted by molar-refractivity contribution is 5.70. The van der Waals surface area contributed by atoms with Gasteiger partial charge in [0.15, 0.2) is 17.5 Å². The van der Waals surface area contributed by atoms with E-state index in [1.165, 1.54) is 25.2 Å². The maximum absolute atomic E-state index is 14.9. The van der Waals surface area contributed by atoms with Crippen LogP contribution in [-0.4, -0.2) is 45.1 Å². The zero-order valence-electron chi connectivity index (χ0n) is 16.4. The van der Waals surface area contributed by atoms with E-state index < -0.39 is 11.6 Å². The molecule has 0 amide bonds. The molecule has 0 aliphatic carbocycles. The summed E-state index contributed by atoms with van der Waals surface area (Å²) in [5, 5.41) is 18.8. The molecule has 154 valence electrons. The molecule has 2 fully saturated rings. The summed E-state index contributed by atoms with van der Waals surface area (Å²) in [4.78, 5) is 2.37. The highest BCUT2D eigenvalue weighted by Gasteiger charge is 2.38. The molecule has 0 radical (unpaired) electrons. The monoisotopic (exact) mass is 408 g/mol. The lowest BCUT2D eigenvalue weighted by atomic mass is 9.98. The average Bonchev–Trinajstić information content (AvgIpc) is 3.50. The van der Waals surface area contributed by atoms with Crippen LogP contribution in [0.1, 0.15) is 31.2 Å². The lowest BCUT2D eigenvalue weighted by Gasteiger charge is -2.36. The third-order valence-corrected chi connectivity index (χ3v) is 6.80. The smallest absolute Gasteiger partial charge is 0.168 e. The first-order valence-corrected chi connectivity index (χ1v) is 10.5. The molecule has 5 heterocycles. The minimum atomic E-state index is -0.910. The van der Waals surface area contributed by atoms with E-state index in [2.05, 4.69) is 30.6 Å². The van der Waals surface area contributed by atoms with Crippen molar-refractivity contribution in [2.24, 2.45) is 0 Å². The Balaban J connectivity index is 1.31. The van der Waals surface area contributed by atoms with Crippen LogP contribution in [0.15, 0.2) is 30.6 Å². The number of piperidine rings is 1. The van der Waals surface area contributed by atoms with Crippen LogP contribution >= 0.6 is 0 Å². The van der Waals surface area contributed by atoms with E-state index in [0.29, 0.717) is 29.4 Å². The van der Waals surface area contributed by atoms with E-state index in [-0.39, 0.29) is 11.1 Å². The number of benzene rings is 1. The van der Waals surface area contributed by atoms with E-state index in [9.17, 15) is 8.78 Å². The largest absolute Gasteiger partial charge is 0.351 e. The van der Waals surface area contributed by atoms with Crippen LogP contribution in [0.2, 0.25) is 0 Å². The number of nitrogens with one attached hydrogen (secondary N) is 2. The van der Waals surface area contributed by atoms with Crippen LogP contribution < -0.4 is 10.2 Å². The van der Waals surface area contributed by atoms with Crippen LogP contribution in [0.5, 0.6) is 0 Å². The number of rotatable bonds is 3. The summed E-state index contributed by atoms with van der Waals surface area (Å²) in [5.41, 5.74) is 2.24. The van der Waals surface area contributed by atoms with Crippen LogP contribution in [0, 0.1) is 11.6 Å². The molecule has 3 aliphatic rings. The molecule has 0 saturated carbocycles. The fraction of sp³-hybridized carbons (Fsp3) is 0.409. The van der Waals surface area contributed by atoms with Crippen molar-refractivity contribution in [3.8, 4) is 22.4 Å². The first kappa shape index (κ1) is 17.9. The minimum Gasteiger partial charge on any atom is -0.351 e. The molecule has 6 nitrogen and oxygen atoms in total. The zero-order valence-corrected chi connectivity index (χ0v) is 16.4. The van der Waals surface area contributed by atoms with Gasteiger partial charge in [-0.25, -0.2) is 8.78 Å². The minimum absolute atomic E-state index is 0.133. The fourth-order valence-corrected chi connectivity index (χ4v) is 5.33. The normalized spacial score (nSPS) is 25.0. The van der Waals surface area contributed by atoms with Crippen LogP contribution in [-0.2, 0) is 6.42 Å². The maximum atomic E-state index is 14.9. The number of anilines is 1. The van der Waals surface area contributed by atoms with Crippen molar-refractivity contribution in [1.82, 2.24) is 25.7 Å². The first-order chi connectivity index (χ1) is 14.7. The van der Waals surface area contributed by atoms with Gasteiger partial charge in [-0.1, -0.05) is 6.07 Å². The van der Waals surface area contributed by atoms with Gasteiger partial charge < -0.3 is 10.2 Å². The molecular weight excluding hydrogens is 386 g/mol. The number of aromatic amines is 1. The molecule has 2 bridgehead atoms. The number of hydrogen-bond donors (Lipinski definition) is 2. The van der Waals surface area contributed by atoms with Crippen molar-refractivity contribution in [1.29, 1.82) is 0 Å². The number of fused-ring (bicyclic) bond motifs is 3. The highest BCUT2D eigenvalue weighted by Crippen LogP contribution is 2.37. The molecule has 6 rings (SSSR count). The number of halogens is 2. The molecule has 0 spiro atoms. The molecule has 3 atom stereocenters. The molecule has 30 heavy (non-hydrogen) atoms. The number of H-pyrrole nitrogens is 1. The molecular formula is C22H22F2N6. The SMILES string of the molecule is Fc1c(-c2cn[nH]c2)ccc(-c2cc3c(nn2)N([C@@H]2C[C@H]4CC[C@@H](C2)N4)CC3)c1F. The van der Waals surface area contributed by atoms with E-state index in [0.717, 1.165) is 37.2 Å². The van der Waals surface area contributed by atoms with E-state index in [4.69, 9.17) is 0 Å². The molecule has 1 aromatic carbocycles. The van der Waals surface area contributed by atoms with Crippen LogP contribution in [0.4, 0.5) is 14.6 Å². The van der Waals surface area contributed by atoms with Crippen molar-refractivity contribution in [3.05, 3.63) is 47.8 Å². The van der Waals surface area contributed by atoms with Crippen molar-refractivity contribution in [2.45, 2.75) is 50.2 Å². The number of aromatic nitrogens is 4. The molecule has 3 aromatic rings. The number of hydrogen-bond acceptors (Lipinski definition) is 5.